The van der Waals surface area contributed by atoms with Gasteiger partial charge < -0.3 is 10.6 Å². The molecule has 1 aliphatic rings. The van der Waals surface area contributed by atoms with Gasteiger partial charge in [0.1, 0.15) is 12.1 Å². The van der Waals surface area contributed by atoms with E-state index in [9.17, 15) is 4.79 Å². The van der Waals surface area contributed by atoms with E-state index in [-0.39, 0.29) is 5.91 Å². The van der Waals surface area contributed by atoms with Gasteiger partial charge in [0.15, 0.2) is 0 Å². The number of nitrogens with one attached hydrogen (secondary N) is 2. The van der Waals surface area contributed by atoms with Gasteiger partial charge in [-0.1, -0.05) is 13.8 Å². The van der Waals surface area contributed by atoms with Crippen LogP contribution in [0.5, 0.6) is 0 Å². The lowest BCUT2D eigenvalue weighted by Crippen LogP contribution is -2.49. The molecule has 1 aliphatic carbocycles. The van der Waals surface area contributed by atoms with Crippen LogP contribution < -0.4 is 10.6 Å². The van der Waals surface area contributed by atoms with E-state index in [4.69, 9.17) is 0 Å². The monoisotopic (exact) mass is 248 g/mol. The molecule has 0 radical (unpaired) electrons. The number of anilines is 1. The van der Waals surface area contributed by atoms with E-state index < -0.39 is 0 Å². The van der Waals surface area contributed by atoms with Crippen LogP contribution in [0.25, 0.3) is 0 Å². The van der Waals surface area contributed by atoms with Crippen LogP contribution in [0.1, 0.15) is 45.2 Å². The van der Waals surface area contributed by atoms with E-state index in [0.29, 0.717) is 18.0 Å². The minimum Gasteiger partial charge on any atom is -0.367 e. The topological polar surface area (TPSA) is 66.9 Å². The number of aromatic nitrogens is 2. The summed E-state index contributed by atoms with van der Waals surface area (Å²) in [7, 11) is 0. The molecule has 0 unspecified atom stereocenters. The Morgan fingerprint density at radius 3 is 2.67 bits per heavy atom. The molecule has 0 saturated heterocycles. The Morgan fingerprint density at radius 2 is 2.06 bits per heavy atom. The number of carbonyl (C=O) groups is 1. The molecule has 18 heavy (non-hydrogen) atoms. The summed E-state index contributed by atoms with van der Waals surface area (Å²) in [6.45, 7) is 5.78. The average Bonchev–Trinajstić information content (AvgIpc) is 2.26. The van der Waals surface area contributed by atoms with E-state index in [2.05, 4.69) is 34.4 Å². The maximum atomic E-state index is 10.9. The number of amides is 1. The summed E-state index contributed by atoms with van der Waals surface area (Å²) in [5, 5.41) is 6.29. The quantitative estimate of drug-likeness (QED) is 0.850. The van der Waals surface area contributed by atoms with Crippen molar-refractivity contribution in [2.45, 2.75) is 51.6 Å². The third-order valence-electron chi connectivity index (χ3n) is 3.18. The second-order valence-electron chi connectivity index (χ2n) is 5.19. The van der Waals surface area contributed by atoms with Crippen LogP contribution in [0.15, 0.2) is 12.4 Å². The number of carbonyl (C=O) groups excluding carboxylic acids is 1. The van der Waals surface area contributed by atoms with E-state index in [1.807, 2.05) is 6.07 Å². The minimum atomic E-state index is 0.0441. The van der Waals surface area contributed by atoms with Crippen LogP contribution in [-0.4, -0.2) is 28.0 Å². The predicted octanol–water partition coefficient (Wildman–Crippen LogP) is 1.68. The van der Waals surface area contributed by atoms with Crippen molar-refractivity contribution in [1.82, 2.24) is 15.3 Å². The van der Waals surface area contributed by atoms with Crippen molar-refractivity contribution in [3.8, 4) is 0 Å². The molecule has 5 nitrogen and oxygen atoms in total. The van der Waals surface area contributed by atoms with Crippen molar-refractivity contribution in [2.24, 2.45) is 0 Å². The highest BCUT2D eigenvalue weighted by atomic mass is 16.1. The van der Waals surface area contributed by atoms with Gasteiger partial charge in [-0.2, -0.15) is 0 Å². The lowest BCUT2D eigenvalue weighted by molar-refractivity contribution is -0.120. The Morgan fingerprint density at radius 1 is 1.33 bits per heavy atom. The van der Waals surface area contributed by atoms with E-state index in [1.54, 1.807) is 13.3 Å². The van der Waals surface area contributed by atoms with Crippen molar-refractivity contribution >= 4 is 11.7 Å². The molecule has 0 aromatic carbocycles. The molecule has 0 atom stereocenters. The second-order valence-corrected chi connectivity index (χ2v) is 5.19. The van der Waals surface area contributed by atoms with Crippen LogP contribution in [0.3, 0.4) is 0 Å². The molecular weight excluding hydrogens is 228 g/mol. The van der Waals surface area contributed by atoms with Gasteiger partial charge in [-0.25, -0.2) is 9.97 Å². The summed E-state index contributed by atoms with van der Waals surface area (Å²) in [6, 6.07) is 2.71. The normalized spacial score (nSPS) is 22.4. The molecule has 1 heterocycles. The van der Waals surface area contributed by atoms with Gasteiger partial charge in [0, 0.05) is 30.8 Å². The maximum Gasteiger partial charge on any atom is 0.217 e. The van der Waals surface area contributed by atoms with Crippen LogP contribution in [-0.2, 0) is 4.79 Å². The van der Waals surface area contributed by atoms with E-state index in [0.717, 1.165) is 24.4 Å². The molecule has 1 saturated carbocycles. The van der Waals surface area contributed by atoms with Gasteiger partial charge in [-0.3, -0.25) is 4.79 Å². The standard InChI is InChI=1S/C13H20N4O/c1-8(2)12-6-13(15-7-14-12)17-11-4-10(5-11)16-9(3)18/h6-8,10-11H,4-5H2,1-3H3,(H,16,18)(H,14,15,17)/t10-,11-. The maximum absolute atomic E-state index is 10.9. The fourth-order valence-corrected chi connectivity index (χ4v) is 2.12. The first-order valence-corrected chi connectivity index (χ1v) is 6.40. The highest BCUT2D eigenvalue weighted by Gasteiger charge is 2.29. The first kappa shape index (κ1) is 12.8. The second kappa shape index (κ2) is 5.33. The highest BCUT2D eigenvalue weighted by molar-refractivity contribution is 5.73. The van der Waals surface area contributed by atoms with Gasteiger partial charge in [0.25, 0.3) is 0 Å². The predicted molar refractivity (Wildman–Crippen MR) is 70.4 cm³/mol. The zero-order chi connectivity index (χ0) is 13.1. The molecule has 2 N–H and O–H groups in total. The molecular formula is C13H20N4O. The summed E-state index contributed by atoms with van der Waals surface area (Å²) in [5.74, 6) is 1.32. The molecule has 5 heteroatoms. The van der Waals surface area contributed by atoms with Crippen molar-refractivity contribution in [3.05, 3.63) is 18.1 Å². The molecule has 1 aromatic heterocycles. The first-order chi connectivity index (χ1) is 8.54. The van der Waals surface area contributed by atoms with Crippen LogP contribution in [0.2, 0.25) is 0 Å². The number of rotatable bonds is 4. The SMILES string of the molecule is CC(=O)N[C@H]1C[C@H](Nc2cc(C(C)C)ncn2)C1. The Bertz CT molecular complexity index is 427. The Labute approximate surface area is 107 Å². The summed E-state index contributed by atoms with van der Waals surface area (Å²) in [5.41, 5.74) is 1.05. The largest absolute Gasteiger partial charge is 0.367 e. The summed E-state index contributed by atoms with van der Waals surface area (Å²) in [4.78, 5) is 19.3. The van der Waals surface area contributed by atoms with Crippen molar-refractivity contribution in [1.29, 1.82) is 0 Å². The number of hydrogen-bond acceptors (Lipinski definition) is 4. The smallest absolute Gasteiger partial charge is 0.217 e. The van der Waals surface area contributed by atoms with E-state index >= 15 is 0 Å². The first-order valence-electron chi connectivity index (χ1n) is 6.40. The summed E-state index contributed by atoms with van der Waals surface area (Å²) < 4.78 is 0. The van der Waals surface area contributed by atoms with Crippen molar-refractivity contribution < 1.29 is 4.79 Å². The van der Waals surface area contributed by atoms with E-state index in [1.165, 1.54) is 0 Å². The molecule has 1 aromatic rings. The van der Waals surface area contributed by atoms with Gasteiger partial charge in [-0.05, 0) is 18.8 Å². The van der Waals surface area contributed by atoms with Crippen molar-refractivity contribution in [2.75, 3.05) is 5.32 Å². The Kier molecular flexibility index (Phi) is 3.79. The zero-order valence-electron chi connectivity index (χ0n) is 11.1. The Hall–Kier alpha value is -1.65. The van der Waals surface area contributed by atoms with Gasteiger partial charge in [0.2, 0.25) is 5.91 Å². The molecule has 0 bridgehead atoms. The number of nitrogens with zero attached hydrogens (tertiary/aromatic N) is 2. The third kappa shape index (κ3) is 3.18. The van der Waals surface area contributed by atoms with Crippen molar-refractivity contribution in [3.63, 3.8) is 0 Å². The third-order valence-corrected chi connectivity index (χ3v) is 3.18. The lowest BCUT2D eigenvalue weighted by atomic mass is 9.86. The fourth-order valence-electron chi connectivity index (χ4n) is 2.12. The molecule has 98 valence electrons. The molecule has 0 aliphatic heterocycles. The van der Waals surface area contributed by atoms with Crippen LogP contribution in [0, 0.1) is 0 Å². The summed E-state index contributed by atoms with van der Waals surface area (Å²) in [6.07, 6.45) is 3.52. The summed E-state index contributed by atoms with van der Waals surface area (Å²) >= 11 is 0. The molecule has 1 amide bonds. The molecule has 1 fully saturated rings. The van der Waals surface area contributed by atoms with Gasteiger partial charge in [0.05, 0.1) is 0 Å². The molecule has 0 spiro atoms. The van der Waals surface area contributed by atoms with Gasteiger partial charge >= 0.3 is 0 Å². The van der Waals surface area contributed by atoms with Crippen LogP contribution >= 0.6 is 0 Å². The minimum absolute atomic E-state index is 0.0441. The zero-order valence-corrected chi connectivity index (χ0v) is 11.1. The molecule has 2 rings (SSSR count). The van der Waals surface area contributed by atoms with Gasteiger partial charge in [-0.15, -0.1) is 0 Å². The Balaban J connectivity index is 1.85. The van der Waals surface area contributed by atoms with Crippen LogP contribution in [0.4, 0.5) is 5.82 Å². The lowest BCUT2D eigenvalue weighted by Gasteiger charge is -2.36. The average molecular weight is 248 g/mol. The fraction of sp³-hybridized carbons (Fsp3) is 0.615. The highest BCUT2D eigenvalue weighted by Crippen LogP contribution is 2.24. The number of hydrogen-bond donors (Lipinski definition) is 2.